The zero-order valence-electron chi connectivity index (χ0n) is 19.2. The highest BCUT2D eigenvalue weighted by atomic mass is 16.2. The highest BCUT2D eigenvalue weighted by Crippen LogP contribution is 2.38. The van der Waals surface area contributed by atoms with E-state index in [4.69, 9.17) is 0 Å². The molecule has 1 nitrogen and oxygen atoms in total. The van der Waals surface area contributed by atoms with Crippen LogP contribution in [0.4, 0.5) is 0 Å². The monoisotopic (exact) mass is 388 g/mol. The minimum Gasteiger partial charge on any atom is -0.396 e. The minimum atomic E-state index is 0.217. The van der Waals surface area contributed by atoms with Crippen molar-refractivity contribution in [1.29, 1.82) is 0 Å². The van der Waals surface area contributed by atoms with Crippen molar-refractivity contribution in [2.24, 2.45) is 5.92 Å². The molecule has 1 heteroatoms. The third-order valence-electron chi connectivity index (χ3n) is 6.66. The first-order valence-corrected chi connectivity index (χ1v) is 12.3. The van der Waals surface area contributed by atoms with Gasteiger partial charge in [-0.3, -0.25) is 0 Å². The number of unbranched alkanes of at least 4 members (excludes halogenated alkanes) is 11. The summed E-state index contributed by atoms with van der Waals surface area (Å²) in [6.07, 6.45) is 20.2. The molecule has 0 fully saturated rings. The van der Waals surface area contributed by atoms with Gasteiger partial charge >= 0.3 is 0 Å². The molecule has 0 aromatic heterocycles. The zero-order valence-corrected chi connectivity index (χ0v) is 19.2. The van der Waals surface area contributed by atoms with Crippen LogP contribution in [0.2, 0.25) is 0 Å². The summed E-state index contributed by atoms with van der Waals surface area (Å²) < 4.78 is 0. The Labute approximate surface area is 176 Å². The van der Waals surface area contributed by atoms with E-state index in [2.05, 4.69) is 51.1 Å². The highest BCUT2D eigenvalue weighted by molar-refractivity contribution is 5.24. The van der Waals surface area contributed by atoms with Crippen molar-refractivity contribution >= 4 is 0 Å². The summed E-state index contributed by atoms with van der Waals surface area (Å²) in [5, 5.41) is 9.18. The Morgan fingerprint density at radius 2 is 1.14 bits per heavy atom. The lowest BCUT2D eigenvalue weighted by atomic mass is 9.69. The Balaban J connectivity index is 2.28. The summed E-state index contributed by atoms with van der Waals surface area (Å²) in [6.45, 7) is 7.46. The van der Waals surface area contributed by atoms with Gasteiger partial charge in [0, 0.05) is 6.61 Å². The lowest BCUT2D eigenvalue weighted by Crippen LogP contribution is -2.29. The van der Waals surface area contributed by atoms with E-state index in [1.807, 2.05) is 0 Å². The lowest BCUT2D eigenvalue weighted by molar-refractivity contribution is 0.241. The molecular weight excluding hydrogens is 340 g/mol. The largest absolute Gasteiger partial charge is 0.396 e. The minimum absolute atomic E-state index is 0.217. The molecule has 0 radical (unpaired) electrons. The molecule has 1 aromatic rings. The van der Waals surface area contributed by atoms with Crippen molar-refractivity contribution in [3.8, 4) is 0 Å². The van der Waals surface area contributed by atoms with Crippen molar-refractivity contribution in [2.45, 2.75) is 122 Å². The molecule has 0 aliphatic carbocycles. The van der Waals surface area contributed by atoms with Crippen molar-refractivity contribution in [2.75, 3.05) is 6.61 Å². The average Bonchev–Trinajstić information content (AvgIpc) is 2.71. The second-order valence-electron chi connectivity index (χ2n) is 9.33. The normalized spacial score (nSPS) is 13.0. The zero-order chi connectivity index (χ0) is 20.5. The summed E-state index contributed by atoms with van der Waals surface area (Å²) in [5.41, 5.74) is 1.68. The van der Waals surface area contributed by atoms with Crippen LogP contribution in [0.1, 0.15) is 123 Å². The van der Waals surface area contributed by atoms with E-state index in [9.17, 15) is 5.11 Å². The third-order valence-corrected chi connectivity index (χ3v) is 6.66. The van der Waals surface area contributed by atoms with Gasteiger partial charge in [-0.15, -0.1) is 0 Å². The van der Waals surface area contributed by atoms with E-state index in [-0.39, 0.29) is 5.41 Å². The molecule has 0 saturated carbocycles. The van der Waals surface area contributed by atoms with Gasteiger partial charge in [-0.25, -0.2) is 0 Å². The van der Waals surface area contributed by atoms with Gasteiger partial charge < -0.3 is 5.11 Å². The predicted molar refractivity (Wildman–Crippen MR) is 125 cm³/mol. The molecule has 0 aliphatic heterocycles. The first-order chi connectivity index (χ1) is 13.6. The van der Waals surface area contributed by atoms with Gasteiger partial charge in [0.05, 0.1) is 0 Å². The van der Waals surface area contributed by atoms with Gasteiger partial charge in [0.2, 0.25) is 0 Å². The van der Waals surface area contributed by atoms with Crippen LogP contribution in [-0.2, 0) is 5.41 Å². The van der Waals surface area contributed by atoms with Crippen molar-refractivity contribution in [1.82, 2.24) is 0 Å². The van der Waals surface area contributed by atoms with E-state index < -0.39 is 0 Å². The Bertz CT molecular complexity index is 451. The van der Waals surface area contributed by atoms with Crippen LogP contribution in [0.3, 0.4) is 0 Å². The Morgan fingerprint density at radius 1 is 0.679 bits per heavy atom. The molecule has 28 heavy (non-hydrogen) atoms. The van der Waals surface area contributed by atoms with Crippen LogP contribution in [0.5, 0.6) is 0 Å². The van der Waals surface area contributed by atoms with Gasteiger partial charge in [-0.05, 0) is 36.2 Å². The second-order valence-corrected chi connectivity index (χ2v) is 9.33. The number of aliphatic hydroxyl groups is 1. The molecule has 0 amide bonds. The van der Waals surface area contributed by atoms with Gasteiger partial charge in [0.25, 0.3) is 0 Å². The Morgan fingerprint density at radius 3 is 1.64 bits per heavy atom. The fourth-order valence-corrected chi connectivity index (χ4v) is 4.53. The van der Waals surface area contributed by atoms with Crippen LogP contribution in [0.15, 0.2) is 30.3 Å². The fourth-order valence-electron chi connectivity index (χ4n) is 4.53. The van der Waals surface area contributed by atoms with Gasteiger partial charge in [0.15, 0.2) is 0 Å². The van der Waals surface area contributed by atoms with Crippen molar-refractivity contribution in [3.05, 3.63) is 35.9 Å². The maximum atomic E-state index is 9.18. The highest BCUT2D eigenvalue weighted by Gasteiger charge is 2.30. The molecule has 1 rings (SSSR count). The summed E-state index contributed by atoms with van der Waals surface area (Å²) in [7, 11) is 0. The molecule has 0 aliphatic rings. The summed E-state index contributed by atoms with van der Waals surface area (Å²) in [5.74, 6) is 0.708. The number of rotatable bonds is 18. The summed E-state index contributed by atoms with van der Waals surface area (Å²) >= 11 is 0. The fraction of sp³-hybridized carbons (Fsp3) is 0.778. The van der Waals surface area contributed by atoms with E-state index >= 15 is 0 Å². The molecule has 0 saturated heterocycles. The number of hydrogen-bond donors (Lipinski definition) is 1. The van der Waals surface area contributed by atoms with E-state index in [0.29, 0.717) is 12.5 Å². The van der Waals surface area contributed by atoms with Crippen LogP contribution in [-0.4, -0.2) is 11.7 Å². The predicted octanol–water partition coefficient (Wildman–Crippen LogP) is 8.44. The molecule has 1 unspecified atom stereocenters. The van der Waals surface area contributed by atoms with Crippen LogP contribution < -0.4 is 0 Å². The lowest BCUT2D eigenvalue weighted by Gasteiger charge is -2.35. The molecule has 1 aromatic carbocycles. The third kappa shape index (κ3) is 10.6. The van der Waals surface area contributed by atoms with Gasteiger partial charge in [0.1, 0.15) is 0 Å². The second kappa shape index (κ2) is 16.0. The first kappa shape index (κ1) is 25.2. The van der Waals surface area contributed by atoms with Crippen LogP contribution in [0.25, 0.3) is 0 Å². The van der Waals surface area contributed by atoms with E-state index in [0.717, 1.165) is 12.8 Å². The molecule has 0 spiro atoms. The van der Waals surface area contributed by atoms with Crippen LogP contribution in [0, 0.1) is 5.92 Å². The molecule has 0 heterocycles. The maximum absolute atomic E-state index is 9.18. The summed E-state index contributed by atoms with van der Waals surface area (Å²) in [6, 6.07) is 11.0. The van der Waals surface area contributed by atoms with E-state index in [1.54, 1.807) is 0 Å². The van der Waals surface area contributed by atoms with Crippen molar-refractivity contribution in [3.63, 3.8) is 0 Å². The molecule has 0 bridgehead atoms. The average molecular weight is 389 g/mol. The van der Waals surface area contributed by atoms with Crippen molar-refractivity contribution < 1.29 is 5.11 Å². The summed E-state index contributed by atoms with van der Waals surface area (Å²) in [4.78, 5) is 0. The molecule has 162 valence electrons. The topological polar surface area (TPSA) is 20.2 Å². The maximum Gasteiger partial charge on any atom is 0.0431 e. The quantitative estimate of drug-likeness (QED) is 0.250. The Hall–Kier alpha value is -0.820. The number of benzene rings is 1. The van der Waals surface area contributed by atoms with Crippen LogP contribution >= 0.6 is 0 Å². The first-order valence-electron chi connectivity index (χ1n) is 12.3. The van der Waals surface area contributed by atoms with Gasteiger partial charge in [-0.1, -0.05) is 128 Å². The molecule has 1 atom stereocenters. The van der Waals surface area contributed by atoms with Gasteiger partial charge in [-0.2, -0.15) is 0 Å². The standard InChI is InChI=1S/C27H48O/c1-4-5-6-7-8-9-10-11-12-13-15-20-26(23-18-19-24-28)27(2,3)25-21-16-14-17-22-25/h14,16-17,21-22,26,28H,4-13,15,18-20,23-24H2,1-3H3. The Kier molecular flexibility index (Phi) is 14.4. The molecule has 1 N–H and O–H groups in total. The van der Waals surface area contributed by atoms with E-state index in [1.165, 1.54) is 89.0 Å². The number of aliphatic hydroxyl groups excluding tert-OH is 1. The molecular formula is C27H48O. The SMILES string of the molecule is CCCCCCCCCCCCCC(CCCCO)C(C)(C)c1ccccc1. The smallest absolute Gasteiger partial charge is 0.0431 e. The number of hydrogen-bond acceptors (Lipinski definition) is 1.